The number of nitro groups is 1. The fraction of sp³-hybridized carbons (Fsp3) is 0.417. The molecule has 1 aromatic heterocycles. The lowest BCUT2D eigenvalue weighted by atomic mass is 9.97. The number of fused-ring (bicyclic) bond motifs is 1. The van der Waals surface area contributed by atoms with Crippen molar-refractivity contribution >= 4 is 32.7 Å². The van der Waals surface area contributed by atoms with E-state index in [-0.39, 0.29) is 11.1 Å². The standard InChI is InChI=1S/C12H13BrN2O4/c1-12(2,6-13)7-14-9-5-8(15(17)18)3-4-10(9)19-11(14)16/h3-5H,6-7H2,1-2H3. The van der Waals surface area contributed by atoms with Crippen molar-refractivity contribution in [1.29, 1.82) is 0 Å². The Morgan fingerprint density at radius 1 is 1.47 bits per heavy atom. The van der Waals surface area contributed by atoms with Gasteiger partial charge in [0.1, 0.15) is 0 Å². The maximum absolute atomic E-state index is 11.8. The summed E-state index contributed by atoms with van der Waals surface area (Å²) in [5, 5.41) is 11.5. The van der Waals surface area contributed by atoms with Crippen molar-refractivity contribution in [1.82, 2.24) is 4.57 Å². The predicted molar refractivity (Wildman–Crippen MR) is 74.7 cm³/mol. The van der Waals surface area contributed by atoms with Crippen molar-refractivity contribution in [2.45, 2.75) is 20.4 Å². The largest absolute Gasteiger partial charge is 0.419 e. The average Bonchev–Trinajstić information content (AvgIpc) is 2.65. The third kappa shape index (κ3) is 2.70. The molecule has 0 saturated heterocycles. The van der Waals surface area contributed by atoms with E-state index in [1.807, 2.05) is 13.8 Å². The number of non-ortho nitro benzene ring substituents is 1. The summed E-state index contributed by atoms with van der Waals surface area (Å²) in [5.74, 6) is -0.496. The zero-order chi connectivity index (χ0) is 14.2. The van der Waals surface area contributed by atoms with Gasteiger partial charge in [0.15, 0.2) is 5.58 Å². The quantitative estimate of drug-likeness (QED) is 0.491. The van der Waals surface area contributed by atoms with Crippen LogP contribution in [-0.2, 0) is 6.54 Å². The van der Waals surface area contributed by atoms with Gasteiger partial charge in [-0.05, 0) is 11.5 Å². The first-order valence-electron chi connectivity index (χ1n) is 5.68. The molecule has 0 radical (unpaired) electrons. The normalized spacial score (nSPS) is 11.9. The van der Waals surface area contributed by atoms with Crippen molar-refractivity contribution in [2.75, 3.05) is 5.33 Å². The van der Waals surface area contributed by atoms with Crippen LogP contribution in [0.4, 0.5) is 5.69 Å². The van der Waals surface area contributed by atoms with E-state index in [0.29, 0.717) is 23.0 Å². The summed E-state index contributed by atoms with van der Waals surface area (Å²) in [6.45, 7) is 4.40. The highest BCUT2D eigenvalue weighted by atomic mass is 79.9. The molecule has 102 valence electrons. The van der Waals surface area contributed by atoms with E-state index in [0.717, 1.165) is 0 Å². The fourth-order valence-electron chi connectivity index (χ4n) is 1.78. The Morgan fingerprint density at radius 3 is 2.74 bits per heavy atom. The number of hydrogen-bond acceptors (Lipinski definition) is 4. The lowest BCUT2D eigenvalue weighted by molar-refractivity contribution is -0.384. The lowest BCUT2D eigenvalue weighted by Gasteiger charge is -2.21. The SMILES string of the molecule is CC(C)(CBr)Cn1c(=O)oc2ccc([N+](=O)[O-])cc21. The van der Waals surface area contributed by atoms with E-state index in [1.54, 1.807) is 0 Å². The Hall–Kier alpha value is -1.63. The van der Waals surface area contributed by atoms with Gasteiger partial charge < -0.3 is 4.42 Å². The minimum absolute atomic E-state index is 0.0568. The molecule has 0 N–H and O–H groups in total. The van der Waals surface area contributed by atoms with E-state index in [2.05, 4.69) is 15.9 Å². The van der Waals surface area contributed by atoms with Crippen LogP contribution in [0.2, 0.25) is 0 Å². The molecule has 0 bridgehead atoms. The van der Waals surface area contributed by atoms with Gasteiger partial charge in [-0.2, -0.15) is 0 Å². The van der Waals surface area contributed by atoms with Gasteiger partial charge >= 0.3 is 5.76 Å². The summed E-state index contributed by atoms with van der Waals surface area (Å²) in [6, 6.07) is 4.14. The van der Waals surface area contributed by atoms with Gasteiger partial charge in [0.25, 0.3) is 5.69 Å². The van der Waals surface area contributed by atoms with Crippen LogP contribution in [0.3, 0.4) is 0 Å². The number of nitrogens with zero attached hydrogens (tertiary/aromatic N) is 2. The molecule has 0 unspecified atom stereocenters. The smallest absolute Gasteiger partial charge is 0.408 e. The van der Waals surface area contributed by atoms with Gasteiger partial charge in [-0.25, -0.2) is 4.79 Å². The Morgan fingerprint density at radius 2 is 2.16 bits per heavy atom. The number of halogens is 1. The number of aromatic nitrogens is 1. The molecule has 1 heterocycles. The number of rotatable bonds is 4. The number of benzene rings is 1. The summed E-state index contributed by atoms with van der Waals surface area (Å²) in [6.07, 6.45) is 0. The molecule has 1 aromatic carbocycles. The first kappa shape index (κ1) is 13.8. The highest BCUT2D eigenvalue weighted by molar-refractivity contribution is 9.09. The van der Waals surface area contributed by atoms with Crippen LogP contribution in [0.1, 0.15) is 13.8 Å². The monoisotopic (exact) mass is 328 g/mol. The second kappa shape index (κ2) is 4.80. The van der Waals surface area contributed by atoms with Crippen LogP contribution in [0.25, 0.3) is 11.1 Å². The van der Waals surface area contributed by atoms with Crippen LogP contribution in [0.5, 0.6) is 0 Å². The van der Waals surface area contributed by atoms with Gasteiger partial charge in [-0.3, -0.25) is 14.7 Å². The molecule has 0 fully saturated rings. The minimum atomic E-state index is -0.496. The molecule has 0 amide bonds. The zero-order valence-electron chi connectivity index (χ0n) is 10.6. The number of alkyl halides is 1. The molecule has 19 heavy (non-hydrogen) atoms. The van der Waals surface area contributed by atoms with Crippen LogP contribution < -0.4 is 5.76 Å². The number of nitro benzene ring substituents is 1. The van der Waals surface area contributed by atoms with Crippen molar-refractivity contribution in [3.8, 4) is 0 Å². The van der Waals surface area contributed by atoms with Gasteiger partial charge in [0.2, 0.25) is 0 Å². The van der Waals surface area contributed by atoms with Crippen LogP contribution >= 0.6 is 15.9 Å². The molecule has 0 aliphatic carbocycles. The van der Waals surface area contributed by atoms with E-state index in [9.17, 15) is 14.9 Å². The summed E-state index contributed by atoms with van der Waals surface area (Å²) in [5.41, 5.74) is 0.596. The second-order valence-corrected chi connectivity index (χ2v) is 5.72. The minimum Gasteiger partial charge on any atom is -0.408 e. The van der Waals surface area contributed by atoms with Crippen LogP contribution in [0, 0.1) is 15.5 Å². The molecule has 0 atom stereocenters. The Labute approximate surface area is 117 Å². The maximum Gasteiger partial charge on any atom is 0.419 e. The van der Waals surface area contributed by atoms with Gasteiger partial charge in [-0.1, -0.05) is 29.8 Å². The molecule has 2 aromatic rings. The van der Waals surface area contributed by atoms with Crippen molar-refractivity contribution in [2.24, 2.45) is 5.41 Å². The highest BCUT2D eigenvalue weighted by Gasteiger charge is 2.22. The molecule has 7 heteroatoms. The van der Waals surface area contributed by atoms with Gasteiger partial charge in [-0.15, -0.1) is 0 Å². The molecular weight excluding hydrogens is 316 g/mol. The first-order valence-corrected chi connectivity index (χ1v) is 6.80. The molecule has 6 nitrogen and oxygen atoms in total. The summed E-state index contributed by atoms with van der Waals surface area (Å²) < 4.78 is 6.53. The van der Waals surface area contributed by atoms with Crippen molar-refractivity contribution in [3.05, 3.63) is 38.9 Å². The predicted octanol–water partition coefficient (Wildman–Crippen LogP) is 2.92. The first-order chi connectivity index (χ1) is 8.84. The van der Waals surface area contributed by atoms with E-state index < -0.39 is 10.7 Å². The topological polar surface area (TPSA) is 78.3 Å². The number of hydrogen-bond donors (Lipinski definition) is 0. The van der Waals surface area contributed by atoms with E-state index in [1.165, 1.54) is 22.8 Å². The fourth-order valence-corrected chi connectivity index (χ4v) is 1.96. The Balaban J connectivity index is 2.59. The van der Waals surface area contributed by atoms with Crippen LogP contribution in [-0.4, -0.2) is 14.8 Å². The molecule has 0 saturated carbocycles. The zero-order valence-corrected chi connectivity index (χ0v) is 12.1. The van der Waals surface area contributed by atoms with Crippen molar-refractivity contribution in [3.63, 3.8) is 0 Å². The summed E-state index contributed by atoms with van der Waals surface area (Å²) in [4.78, 5) is 22.1. The average molecular weight is 329 g/mol. The molecule has 2 rings (SSSR count). The van der Waals surface area contributed by atoms with Crippen molar-refractivity contribution < 1.29 is 9.34 Å². The molecule has 0 aliphatic rings. The molecular formula is C12H13BrN2O4. The molecule has 0 aliphatic heterocycles. The second-order valence-electron chi connectivity index (χ2n) is 5.16. The third-order valence-electron chi connectivity index (χ3n) is 2.81. The van der Waals surface area contributed by atoms with E-state index >= 15 is 0 Å². The third-order valence-corrected chi connectivity index (χ3v) is 4.33. The maximum atomic E-state index is 11.8. The Kier molecular flexibility index (Phi) is 3.49. The summed E-state index contributed by atoms with van der Waals surface area (Å²) >= 11 is 3.39. The summed E-state index contributed by atoms with van der Waals surface area (Å²) in [7, 11) is 0. The lowest BCUT2D eigenvalue weighted by Crippen LogP contribution is -2.26. The number of oxazole rings is 1. The molecule has 0 spiro atoms. The van der Waals surface area contributed by atoms with Crippen LogP contribution in [0.15, 0.2) is 27.4 Å². The van der Waals surface area contributed by atoms with E-state index in [4.69, 9.17) is 4.42 Å². The van der Waals surface area contributed by atoms with Gasteiger partial charge in [0.05, 0.1) is 10.4 Å². The Bertz CT molecular complexity index is 687. The highest BCUT2D eigenvalue weighted by Crippen LogP contribution is 2.25. The van der Waals surface area contributed by atoms with Gasteiger partial charge in [0, 0.05) is 24.0 Å².